The number of nitrogens with zero attached hydrogens (tertiary/aromatic N) is 2. The Morgan fingerprint density at radius 3 is 2.22 bits per heavy atom. The lowest BCUT2D eigenvalue weighted by Crippen LogP contribution is -1.77. The molecule has 4 aromatic rings. The van der Waals surface area contributed by atoms with Crippen molar-refractivity contribution in [2.45, 2.75) is 0 Å². The van der Waals surface area contributed by atoms with Gasteiger partial charge in [0, 0.05) is 22.7 Å². The molecule has 0 aliphatic heterocycles. The molecule has 0 radical (unpaired) electrons. The summed E-state index contributed by atoms with van der Waals surface area (Å²) >= 11 is 0. The highest BCUT2D eigenvalue weighted by Gasteiger charge is 2.04. The molecule has 0 saturated carbocycles. The van der Waals surface area contributed by atoms with Crippen molar-refractivity contribution in [2.75, 3.05) is 0 Å². The van der Waals surface area contributed by atoms with Crippen LogP contribution in [0.25, 0.3) is 22.0 Å². The van der Waals surface area contributed by atoms with E-state index in [1.807, 2.05) is 66.9 Å². The lowest BCUT2D eigenvalue weighted by atomic mass is 10.0. The van der Waals surface area contributed by atoms with Gasteiger partial charge in [-0.05, 0) is 17.7 Å². The third-order valence-corrected chi connectivity index (χ3v) is 3.82. The first-order valence-corrected chi connectivity index (χ1v) is 7.54. The molecule has 0 amide bonds. The van der Waals surface area contributed by atoms with E-state index in [2.05, 4.69) is 33.4 Å². The summed E-state index contributed by atoms with van der Waals surface area (Å²) in [5.41, 5.74) is 5.00. The fourth-order valence-corrected chi connectivity index (χ4v) is 2.67. The lowest BCUT2D eigenvalue weighted by Gasteiger charge is -2.04. The maximum atomic E-state index is 4.48. The topological polar surface area (TPSA) is 40.5 Å². The number of aromatic nitrogens is 1. The first-order valence-electron chi connectivity index (χ1n) is 7.54. The van der Waals surface area contributed by atoms with Gasteiger partial charge in [0.15, 0.2) is 0 Å². The van der Waals surface area contributed by atoms with E-state index in [1.54, 1.807) is 0 Å². The van der Waals surface area contributed by atoms with Crippen molar-refractivity contribution in [1.29, 1.82) is 0 Å². The standard InChI is InChI=1S/C20H15N3/c1-2-8-15(9-3-1)16-10-4-7-13-19(16)22-23-20-14-21-18-12-6-5-11-17(18)20/h1-14,21H/b23-22+. The number of para-hydroxylation sites is 1. The predicted molar refractivity (Wildman–Crippen MR) is 94.4 cm³/mol. The van der Waals surface area contributed by atoms with E-state index in [0.29, 0.717) is 0 Å². The molecule has 0 fully saturated rings. The molecular weight excluding hydrogens is 282 g/mol. The molecule has 0 bridgehead atoms. The molecule has 110 valence electrons. The summed E-state index contributed by atoms with van der Waals surface area (Å²) in [5, 5.41) is 10.0. The van der Waals surface area contributed by atoms with Crippen LogP contribution in [0.5, 0.6) is 0 Å². The first-order chi connectivity index (χ1) is 11.4. The van der Waals surface area contributed by atoms with Crippen LogP contribution in [0, 0.1) is 0 Å². The van der Waals surface area contributed by atoms with Crippen molar-refractivity contribution in [3.63, 3.8) is 0 Å². The largest absolute Gasteiger partial charge is 0.359 e. The van der Waals surface area contributed by atoms with Crippen LogP contribution in [0.2, 0.25) is 0 Å². The minimum absolute atomic E-state index is 0.850. The van der Waals surface area contributed by atoms with E-state index in [9.17, 15) is 0 Å². The summed E-state index contributed by atoms with van der Waals surface area (Å²) in [6.45, 7) is 0. The Kier molecular flexibility index (Phi) is 3.45. The number of nitrogens with one attached hydrogen (secondary N) is 1. The van der Waals surface area contributed by atoms with Crippen LogP contribution < -0.4 is 0 Å². The van der Waals surface area contributed by atoms with Crippen molar-refractivity contribution in [3.05, 3.63) is 85.1 Å². The number of rotatable bonds is 3. The Bertz CT molecular complexity index is 968. The van der Waals surface area contributed by atoms with Gasteiger partial charge in [-0.2, -0.15) is 0 Å². The van der Waals surface area contributed by atoms with E-state index in [0.717, 1.165) is 33.4 Å². The number of azo groups is 1. The number of benzene rings is 3. The Morgan fingerprint density at radius 1 is 0.609 bits per heavy atom. The summed E-state index contributed by atoms with van der Waals surface area (Å²) in [5.74, 6) is 0. The van der Waals surface area contributed by atoms with Crippen molar-refractivity contribution < 1.29 is 0 Å². The lowest BCUT2D eigenvalue weighted by molar-refractivity contribution is 1.24. The van der Waals surface area contributed by atoms with Gasteiger partial charge < -0.3 is 4.98 Å². The quantitative estimate of drug-likeness (QED) is 0.434. The van der Waals surface area contributed by atoms with E-state index >= 15 is 0 Å². The summed E-state index contributed by atoms with van der Waals surface area (Å²) in [4.78, 5) is 3.22. The zero-order chi connectivity index (χ0) is 15.5. The summed E-state index contributed by atoms with van der Waals surface area (Å²) in [7, 11) is 0. The fourth-order valence-electron chi connectivity index (χ4n) is 2.67. The molecule has 3 aromatic carbocycles. The Morgan fingerprint density at radius 2 is 1.30 bits per heavy atom. The van der Waals surface area contributed by atoms with Gasteiger partial charge in [0.1, 0.15) is 5.69 Å². The van der Waals surface area contributed by atoms with Gasteiger partial charge in [-0.1, -0.05) is 66.7 Å². The van der Waals surface area contributed by atoms with Gasteiger partial charge in [0.25, 0.3) is 0 Å². The molecular formula is C20H15N3. The van der Waals surface area contributed by atoms with Gasteiger partial charge in [-0.3, -0.25) is 0 Å². The molecule has 0 spiro atoms. The predicted octanol–water partition coefficient (Wildman–Crippen LogP) is 6.25. The molecule has 1 heterocycles. The molecule has 0 aliphatic carbocycles. The highest BCUT2D eigenvalue weighted by atomic mass is 15.1. The zero-order valence-corrected chi connectivity index (χ0v) is 12.5. The number of hydrogen-bond acceptors (Lipinski definition) is 2. The van der Waals surface area contributed by atoms with Crippen LogP contribution in [-0.4, -0.2) is 4.98 Å². The van der Waals surface area contributed by atoms with Crippen molar-refractivity contribution >= 4 is 22.3 Å². The number of aromatic amines is 1. The molecule has 4 rings (SSSR count). The Labute approximate surface area is 134 Å². The second-order valence-corrected chi connectivity index (χ2v) is 5.30. The third-order valence-electron chi connectivity index (χ3n) is 3.82. The van der Waals surface area contributed by atoms with E-state index in [1.165, 1.54) is 0 Å². The van der Waals surface area contributed by atoms with Crippen LogP contribution in [0.1, 0.15) is 0 Å². The fraction of sp³-hybridized carbons (Fsp3) is 0. The van der Waals surface area contributed by atoms with Crippen LogP contribution in [0.3, 0.4) is 0 Å². The van der Waals surface area contributed by atoms with Crippen LogP contribution in [0.4, 0.5) is 11.4 Å². The minimum Gasteiger partial charge on any atom is -0.359 e. The number of hydrogen-bond donors (Lipinski definition) is 1. The van der Waals surface area contributed by atoms with E-state index < -0.39 is 0 Å². The zero-order valence-electron chi connectivity index (χ0n) is 12.5. The van der Waals surface area contributed by atoms with Crippen LogP contribution in [0.15, 0.2) is 95.3 Å². The van der Waals surface area contributed by atoms with E-state index in [-0.39, 0.29) is 0 Å². The Hall–Kier alpha value is -3.20. The van der Waals surface area contributed by atoms with E-state index in [4.69, 9.17) is 0 Å². The normalized spacial score (nSPS) is 11.3. The Balaban J connectivity index is 1.75. The molecule has 3 heteroatoms. The van der Waals surface area contributed by atoms with Gasteiger partial charge in [0.2, 0.25) is 0 Å². The monoisotopic (exact) mass is 297 g/mol. The number of H-pyrrole nitrogens is 1. The van der Waals surface area contributed by atoms with Crippen molar-refractivity contribution in [1.82, 2.24) is 4.98 Å². The average Bonchev–Trinajstić information content (AvgIpc) is 3.04. The third kappa shape index (κ3) is 2.64. The second kappa shape index (κ2) is 5.89. The number of fused-ring (bicyclic) bond motifs is 1. The molecule has 1 N–H and O–H groups in total. The molecule has 0 aliphatic rings. The van der Waals surface area contributed by atoms with Gasteiger partial charge in [-0.15, -0.1) is 10.2 Å². The van der Waals surface area contributed by atoms with Gasteiger partial charge in [-0.25, -0.2) is 0 Å². The summed E-state index contributed by atoms with van der Waals surface area (Å²) in [6, 6.07) is 26.4. The van der Waals surface area contributed by atoms with Crippen molar-refractivity contribution in [2.24, 2.45) is 10.2 Å². The highest BCUT2D eigenvalue weighted by Crippen LogP contribution is 2.32. The first kappa shape index (κ1) is 13.5. The minimum atomic E-state index is 0.850. The van der Waals surface area contributed by atoms with Crippen LogP contribution in [-0.2, 0) is 0 Å². The smallest absolute Gasteiger partial charge is 0.111 e. The van der Waals surface area contributed by atoms with Crippen LogP contribution >= 0.6 is 0 Å². The van der Waals surface area contributed by atoms with Gasteiger partial charge in [0.05, 0.1) is 5.69 Å². The highest BCUT2D eigenvalue weighted by molar-refractivity contribution is 5.90. The SMILES string of the molecule is c1ccc(-c2ccccc2/N=N/c2c[nH]c3ccccc23)cc1. The molecule has 0 saturated heterocycles. The summed E-state index contributed by atoms with van der Waals surface area (Å²) in [6.07, 6.45) is 1.89. The second-order valence-electron chi connectivity index (χ2n) is 5.30. The molecule has 23 heavy (non-hydrogen) atoms. The summed E-state index contributed by atoms with van der Waals surface area (Å²) < 4.78 is 0. The molecule has 0 unspecified atom stereocenters. The molecule has 3 nitrogen and oxygen atoms in total. The molecule has 1 aromatic heterocycles. The van der Waals surface area contributed by atoms with Crippen molar-refractivity contribution in [3.8, 4) is 11.1 Å². The van der Waals surface area contributed by atoms with Gasteiger partial charge >= 0.3 is 0 Å². The average molecular weight is 297 g/mol. The maximum Gasteiger partial charge on any atom is 0.111 e. The maximum absolute atomic E-state index is 4.48. The molecule has 0 atom stereocenters.